The fraction of sp³-hybridized carbons (Fsp3) is 0.440. The zero-order valence-electron chi connectivity index (χ0n) is 19.4. The molecule has 8 heteroatoms. The molecule has 0 aromatic heterocycles. The molecule has 2 aromatic rings. The van der Waals surface area contributed by atoms with Gasteiger partial charge in [0.2, 0.25) is 5.91 Å². The zero-order chi connectivity index (χ0) is 23.6. The van der Waals surface area contributed by atoms with Gasteiger partial charge in [0.1, 0.15) is 0 Å². The lowest BCUT2D eigenvalue weighted by atomic mass is 10.1. The normalized spacial score (nSPS) is 22.5. The minimum atomic E-state index is -3.10. The van der Waals surface area contributed by atoms with Crippen molar-refractivity contribution in [2.45, 2.75) is 44.9 Å². The molecular weight excluding hydrogens is 454 g/mol. The van der Waals surface area contributed by atoms with Gasteiger partial charge in [-0.2, -0.15) is 4.99 Å². The number of amides is 1. The molecule has 0 aliphatic carbocycles. The largest absolute Gasteiger partial charge is 0.372 e. The zero-order valence-corrected chi connectivity index (χ0v) is 21.0. The standard InChI is InChI=1S/C25H31N3O3S2/c1-4-27(5-2)20-12-13-21(18(3)15-20)28-22-16-33(30,31)17-23(22)32-25(28)26-24(29)14-11-19-9-7-6-8-10-19/h6-10,12-13,15,22-23H,4-5,11,14,16-17H2,1-3H3. The third-order valence-electron chi connectivity index (χ3n) is 6.33. The molecule has 2 aliphatic heterocycles. The number of amidine groups is 1. The molecule has 2 atom stereocenters. The van der Waals surface area contributed by atoms with Crippen molar-refractivity contribution in [3.63, 3.8) is 0 Å². The summed E-state index contributed by atoms with van der Waals surface area (Å²) in [5, 5.41) is 0.522. The molecule has 2 heterocycles. The van der Waals surface area contributed by atoms with Gasteiger partial charge in [-0.3, -0.25) is 4.79 Å². The summed E-state index contributed by atoms with van der Waals surface area (Å²) in [5.41, 5.74) is 4.22. The van der Waals surface area contributed by atoms with Gasteiger partial charge in [-0.1, -0.05) is 42.1 Å². The Balaban J connectivity index is 1.62. The van der Waals surface area contributed by atoms with E-state index in [2.05, 4.69) is 35.9 Å². The number of fused-ring (bicyclic) bond motifs is 1. The van der Waals surface area contributed by atoms with Crippen LogP contribution in [0.4, 0.5) is 11.4 Å². The lowest BCUT2D eigenvalue weighted by Crippen LogP contribution is -2.38. The van der Waals surface area contributed by atoms with Crippen molar-refractivity contribution in [2.24, 2.45) is 4.99 Å². The first kappa shape index (κ1) is 23.8. The Labute approximate surface area is 201 Å². The quantitative estimate of drug-likeness (QED) is 0.589. The Morgan fingerprint density at radius 3 is 2.52 bits per heavy atom. The van der Waals surface area contributed by atoms with Crippen molar-refractivity contribution in [3.05, 3.63) is 59.7 Å². The van der Waals surface area contributed by atoms with Crippen molar-refractivity contribution in [2.75, 3.05) is 34.4 Å². The van der Waals surface area contributed by atoms with Crippen LogP contribution in [0.2, 0.25) is 0 Å². The van der Waals surface area contributed by atoms with Crippen LogP contribution in [0.3, 0.4) is 0 Å². The van der Waals surface area contributed by atoms with Crippen LogP contribution in [0, 0.1) is 6.92 Å². The van der Waals surface area contributed by atoms with E-state index in [9.17, 15) is 13.2 Å². The number of sulfone groups is 1. The van der Waals surface area contributed by atoms with Crippen molar-refractivity contribution in [1.29, 1.82) is 0 Å². The predicted octanol–water partition coefficient (Wildman–Crippen LogP) is 4.08. The van der Waals surface area contributed by atoms with E-state index in [-0.39, 0.29) is 28.7 Å². The number of thioether (sulfide) groups is 1. The van der Waals surface area contributed by atoms with Crippen LogP contribution >= 0.6 is 11.8 Å². The highest BCUT2D eigenvalue weighted by atomic mass is 32.2. The molecule has 33 heavy (non-hydrogen) atoms. The predicted molar refractivity (Wildman–Crippen MR) is 138 cm³/mol. The van der Waals surface area contributed by atoms with Crippen LogP contribution in [0.25, 0.3) is 0 Å². The molecule has 4 rings (SSSR count). The highest BCUT2D eigenvalue weighted by Crippen LogP contribution is 2.42. The van der Waals surface area contributed by atoms with E-state index in [0.717, 1.165) is 35.6 Å². The second kappa shape index (κ2) is 9.89. The first-order valence-electron chi connectivity index (χ1n) is 11.5. The Bertz CT molecular complexity index is 1140. The number of aryl methyl sites for hydroxylation is 2. The third-order valence-corrected chi connectivity index (χ3v) is 9.54. The molecule has 0 spiro atoms. The van der Waals surface area contributed by atoms with Gasteiger partial charge in [0.25, 0.3) is 0 Å². The van der Waals surface area contributed by atoms with Gasteiger partial charge in [0.15, 0.2) is 15.0 Å². The van der Waals surface area contributed by atoms with Gasteiger partial charge in [-0.25, -0.2) is 8.42 Å². The first-order chi connectivity index (χ1) is 15.8. The van der Waals surface area contributed by atoms with Gasteiger partial charge in [0, 0.05) is 36.1 Å². The molecule has 6 nitrogen and oxygen atoms in total. The van der Waals surface area contributed by atoms with Gasteiger partial charge < -0.3 is 9.80 Å². The van der Waals surface area contributed by atoms with E-state index in [1.807, 2.05) is 48.2 Å². The third kappa shape index (κ3) is 5.27. The molecule has 0 bridgehead atoms. The summed E-state index contributed by atoms with van der Waals surface area (Å²) in [5.74, 6) is 0.0535. The van der Waals surface area contributed by atoms with Crippen LogP contribution in [0.1, 0.15) is 31.4 Å². The highest BCUT2D eigenvalue weighted by molar-refractivity contribution is 8.16. The van der Waals surface area contributed by atoms with E-state index < -0.39 is 9.84 Å². The monoisotopic (exact) mass is 485 g/mol. The average Bonchev–Trinajstić information content (AvgIpc) is 3.25. The Morgan fingerprint density at radius 1 is 1.12 bits per heavy atom. The maximum Gasteiger partial charge on any atom is 0.248 e. The van der Waals surface area contributed by atoms with Crippen LogP contribution < -0.4 is 9.80 Å². The first-order valence-corrected chi connectivity index (χ1v) is 14.2. The van der Waals surface area contributed by atoms with E-state index >= 15 is 0 Å². The van der Waals surface area contributed by atoms with E-state index in [1.54, 1.807) is 0 Å². The van der Waals surface area contributed by atoms with Crippen LogP contribution in [0.15, 0.2) is 53.5 Å². The van der Waals surface area contributed by atoms with E-state index in [4.69, 9.17) is 0 Å². The van der Waals surface area contributed by atoms with E-state index in [0.29, 0.717) is 18.0 Å². The lowest BCUT2D eigenvalue weighted by molar-refractivity contribution is -0.117. The summed E-state index contributed by atoms with van der Waals surface area (Å²) in [6.07, 6.45) is 0.968. The Morgan fingerprint density at radius 2 is 1.85 bits per heavy atom. The van der Waals surface area contributed by atoms with Crippen molar-refractivity contribution in [1.82, 2.24) is 0 Å². The maximum atomic E-state index is 12.7. The lowest BCUT2D eigenvalue weighted by Gasteiger charge is -2.28. The summed E-state index contributed by atoms with van der Waals surface area (Å²) in [4.78, 5) is 21.5. The molecule has 176 valence electrons. The number of hydrogen-bond donors (Lipinski definition) is 0. The van der Waals surface area contributed by atoms with E-state index in [1.165, 1.54) is 11.8 Å². The van der Waals surface area contributed by atoms with Gasteiger partial charge in [-0.15, -0.1) is 0 Å². The summed E-state index contributed by atoms with van der Waals surface area (Å²) in [7, 11) is -3.10. The number of rotatable bonds is 7. The van der Waals surface area contributed by atoms with Gasteiger partial charge in [0.05, 0.1) is 17.5 Å². The summed E-state index contributed by atoms with van der Waals surface area (Å²) in [6.45, 7) is 8.13. The van der Waals surface area contributed by atoms with Crippen LogP contribution in [0.5, 0.6) is 0 Å². The number of hydrogen-bond acceptors (Lipinski definition) is 5. The second-order valence-electron chi connectivity index (χ2n) is 8.59. The topological polar surface area (TPSA) is 70.0 Å². The molecule has 0 saturated carbocycles. The number of carbonyl (C=O) groups is 1. The molecule has 2 saturated heterocycles. The summed E-state index contributed by atoms with van der Waals surface area (Å²) >= 11 is 1.43. The summed E-state index contributed by atoms with van der Waals surface area (Å²) in [6, 6.07) is 16.0. The van der Waals surface area contributed by atoms with Crippen molar-refractivity contribution >= 4 is 44.0 Å². The van der Waals surface area contributed by atoms with Crippen LogP contribution in [-0.4, -0.2) is 55.4 Å². The minimum absolute atomic E-state index is 0.0964. The highest BCUT2D eigenvalue weighted by Gasteiger charge is 2.49. The average molecular weight is 486 g/mol. The Hall–Kier alpha value is -2.32. The number of benzene rings is 2. The molecule has 2 fully saturated rings. The Kier molecular flexibility index (Phi) is 7.14. The molecule has 0 radical (unpaired) electrons. The van der Waals surface area contributed by atoms with Gasteiger partial charge in [-0.05, 0) is 56.5 Å². The molecule has 2 aliphatic rings. The SMILES string of the molecule is CCN(CC)c1ccc(N2C(=NC(=O)CCc3ccccc3)SC3CS(=O)(=O)CC32)c(C)c1. The number of aliphatic imine (C=N–C) groups is 1. The van der Waals surface area contributed by atoms with Crippen molar-refractivity contribution < 1.29 is 13.2 Å². The number of nitrogens with zero attached hydrogens (tertiary/aromatic N) is 3. The molecule has 0 N–H and O–H groups in total. The minimum Gasteiger partial charge on any atom is -0.372 e. The van der Waals surface area contributed by atoms with Crippen LogP contribution in [-0.2, 0) is 21.1 Å². The molecule has 1 amide bonds. The summed E-state index contributed by atoms with van der Waals surface area (Å²) < 4.78 is 24.7. The second-order valence-corrected chi connectivity index (χ2v) is 11.9. The number of anilines is 2. The van der Waals surface area contributed by atoms with Gasteiger partial charge >= 0.3 is 0 Å². The molecule has 2 unspecified atom stereocenters. The molecular formula is C25H31N3O3S2. The molecule has 2 aromatic carbocycles. The fourth-order valence-corrected chi connectivity index (χ4v) is 8.52. The number of carbonyl (C=O) groups excluding carboxylic acids is 1. The fourth-order valence-electron chi connectivity index (χ4n) is 4.60. The van der Waals surface area contributed by atoms with Crippen molar-refractivity contribution in [3.8, 4) is 0 Å². The smallest absolute Gasteiger partial charge is 0.248 e. The maximum absolute atomic E-state index is 12.7.